The van der Waals surface area contributed by atoms with E-state index in [1.807, 2.05) is 0 Å². The molecule has 10 heteroatoms. The second kappa shape index (κ2) is 7.28. The Balaban J connectivity index is 1.49. The quantitative estimate of drug-likeness (QED) is 0.559. The monoisotopic (exact) mass is 442 g/mol. The summed E-state index contributed by atoms with van der Waals surface area (Å²) in [5, 5.41) is 5.33. The number of nitrogens with zero attached hydrogens (tertiary/aromatic N) is 4. The lowest BCUT2D eigenvalue weighted by Crippen LogP contribution is -2.38. The highest BCUT2D eigenvalue weighted by Gasteiger charge is 2.32. The lowest BCUT2D eigenvalue weighted by atomic mass is 9.97. The first-order valence-corrected chi connectivity index (χ1v) is 10.3. The Bertz CT molecular complexity index is 1080. The van der Waals surface area contributed by atoms with Gasteiger partial charge in [-0.15, -0.1) is 11.3 Å². The molecule has 3 aromatic rings. The number of carbonyl (C=O) groups excluding carboxylic acids is 1. The van der Waals surface area contributed by atoms with E-state index in [0.717, 1.165) is 21.8 Å². The van der Waals surface area contributed by atoms with Gasteiger partial charge in [-0.25, -0.2) is 4.98 Å². The van der Waals surface area contributed by atoms with Crippen LogP contribution in [0.25, 0.3) is 10.2 Å². The molecule has 0 spiro atoms. The van der Waals surface area contributed by atoms with Crippen molar-refractivity contribution in [1.29, 1.82) is 0 Å². The first-order chi connectivity index (χ1) is 13.6. The second-order valence-electron chi connectivity index (χ2n) is 7.17. The summed E-state index contributed by atoms with van der Waals surface area (Å²) in [6, 6.07) is 3.66. The molecule has 154 valence electrons. The molecule has 2 aromatic heterocycles. The van der Waals surface area contributed by atoms with Crippen molar-refractivity contribution in [2.45, 2.75) is 31.9 Å². The molecule has 0 bridgehead atoms. The molecule has 1 aliphatic heterocycles. The van der Waals surface area contributed by atoms with Gasteiger partial charge < -0.3 is 4.90 Å². The highest BCUT2D eigenvalue weighted by Crippen LogP contribution is 2.37. The van der Waals surface area contributed by atoms with E-state index in [2.05, 4.69) is 10.1 Å². The minimum Gasteiger partial charge on any atom is -0.338 e. The van der Waals surface area contributed by atoms with Crippen molar-refractivity contribution in [1.82, 2.24) is 19.7 Å². The number of amides is 1. The van der Waals surface area contributed by atoms with Gasteiger partial charge in [0.1, 0.15) is 5.15 Å². The number of aryl methyl sites for hydroxylation is 2. The number of hydrogen-bond donors (Lipinski definition) is 0. The molecule has 3 heterocycles. The number of rotatable bonds is 2. The molecule has 4 rings (SSSR count). The van der Waals surface area contributed by atoms with Gasteiger partial charge in [0.05, 0.1) is 32.0 Å². The van der Waals surface area contributed by atoms with Gasteiger partial charge in [-0.1, -0.05) is 11.6 Å². The van der Waals surface area contributed by atoms with Crippen LogP contribution in [-0.4, -0.2) is 38.7 Å². The normalized spacial score (nSPS) is 16.0. The van der Waals surface area contributed by atoms with Crippen LogP contribution in [0.3, 0.4) is 0 Å². The molecule has 5 nitrogen and oxygen atoms in total. The van der Waals surface area contributed by atoms with Gasteiger partial charge in [0, 0.05) is 26.1 Å². The van der Waals surface area contributed by atoms with Crippen molar-refractivity contribution in [3.63, 3.8) is 0 Å². The minimum absolute atomic E-state index is 0.122. The maximum absolute atomic E-state index is 12.9. The molecule has 0 N–H and O–H groups in total. The largest absolute Gasteiger partial charge is 0.416 e. The summed E-state index contributed by atoms with van der Waals surface area (Å²) in [6.45, 7) is 2.83. The molecular formula is C19H18ClF3N4OS. The Kier molecular flexibility index (Phi) is 5.06. The van der Waals surface area contributed by atoms with E-state index in [0.29, 0.717) is 47.9 Å². The molecule has 1 saturated heterocycles. The number of thiazole rings is 1. The van der Waals surface area contributed by atoms with Gasteiger partial charge in [0.25, 0.3) is 5.91 Å². The van der Waals surface area contributed by atoms with Crippen LogP contribution in [0.15, 0.2) is 18.2 Å². The Labute approximate surface area is 174 Å². The lowest BCUT2D eigenvalue weighted by Gasteiger charge is -2.31. The zero-order chi connectivity index (χ0) is 20.9. The molecule has 1 aromatic carbocycles. The standard InChI is InChI=1S/C19H18ClF3N4OS/c1-10-15(16(20)26(2)25-10)18(28)27-7-5-11(6-8-27)17-24-13-9-12(19(21,22)23)3-4-14(13)29-17/h3-4,9,11H,5-8H2,1-2H3. The maximum Gasteiger partial charge on any atom is 0.416 e. The Morgan fingerprint density at radius 2 is 1.97 bits per heavy atom. The molecule has 0 unspecified atom stereocenters. The minimum atomic E-state index is -4.38. The number of carbonyl (C=O) groups is 1. The average molecular weight is 443 g/mol. The first-order valence-electron chi connectivity index (χ1n) is 9.11. The summed E-state index contributed by atoms with van der Waals surface area (Å²) >= 11 is 7.63. The molecule has 29 heavy (non-hydrogen) atoms. The van der Waals surface area contributed by atoms with Crippen molar-refractivity contribution in [3.8, 4) is 0 Å². The van der Waals surface area contributed by atoms with Crippen LogP contribution in [0.4, 0.5) is 13.2 Å². The van der Waals surface area contributed by atoms with E-state index < -0.39 is 11.7 Å². The van der Waals surface area contributed by atoms with Crippen LogP contribution >= 0.6 is 22.9 Å². The molecule has 1 aliphatic rings. The number of hydrogen-bond acceptors (Lipinski definition) is 4. The predicted octanol–water partition coefficient (Wildman–Crippen LogP) is 5.03. The number of fused-ring (bicyclic) bond motifs is 1. The van der Waals surface area contributed by atoms with Crippen molar-refractivity contribution in [2.75, 3.05) is 13.1 Å². The Hall–Kier alpha value is -2.13. The smallest absolute Gasteiger partial charge is 0.338 e. The molecule has 0 radical (unpaired) electrons. The van der Waals surface area contributed by atoms with E-state index in [9.17, 15) is 18.0 Å². The van der Waals surface area contributed by atoms with E-state index >= 15 is 0 Å². The van der Waals surface area contributed by atoms with Crippen molar-refractivity contribution < 1.29 is 18.0 Å². The van der Waals surface area contributed by atoms with Crippen LogP contribution in [0.5, 0.6) is 0 Å². The molecule has 0 saturated carbocycles. The third kappa shape index (κ3) is 3.73. The Morgan fingerprint density at radius 1 is 1.28 bits per heavy atom. The van der Waals surface area contributed by atoms with Gasteiger partial charge >= 0.3 is 6.18 Å². The summed E-state index contributed by atoms with van der Waals surface area (Å²) in [5.41, 5.74) is 0.700. The SMILES string of the molecule is Cc1nn(C)c(Cl)c1C(=O)N1CCC(c2nc3cc(C(F)(F)F)ccc3s2)CC1. The van der Waals surface area contributed by atoms with E-state index in [4.69, 9.17) is 11.6 Å². The van der Waals surface area contributed by atoms with Gasteiger partial charge in [0.15, 0.2) is 0 Å². The number of likely N-dealkylation sites (tertiary alicyclic amines) is 1. The zero-order valence-electron chi connectivity index (χ0n) is 15.8. The lowest BCUT2D eigenvalue weighted by molar-refractivity contribution is -0.137. The summed E-state index contributed by atoms with van der Waals surface area (Å²) in [7, 11) is 1.69. The summed E-state index contributed by atoms with van der Waals surface area (Å²) in [4.78, 5) is 19.0. The number of halogens is 4. The molecule has 1 fully saturated rings. The number of alkyl halides is 3. The zero-order valence-corrected chi connectivity index (χ0v) is 17.3. The van der Waals surface area contributed by atoms with Gasteiger partial charge in [-0.05, 0) is 38.0 Å². The fourth-order valence-corrected chi connectivity index (χ4v) is 5.03. The highest BCUT2D eigenvalue weighted by atomic mass is 35.5. The molecule has 1 amide bonds. The third-order valence-corrected chi connectivity index (χ3v) is 6.86. The van der Waals surface area contributed by atoms with E-state index in [1.165, 1.54) is 22.1 Å². The topological polar surface area (TPSA) is 51.0 Å². The van der Waals surface area contributed by atoms with Crippen LogP contribution in [0.1, 0.15) is 45.4 Å². The third-order valence-electron chi connectivity index (χ3n) is 5.23. The van der Waals surface area contributed by atoms with Gasteiger partial charge in [-0.2, -0.15) is 18.3 Å². The summed E-state index contributed by atoms with van der Waals surface area (Å²) < 4.78 is 41.0. The summed E-state index contributed by atoms with van der Waals surface area (Å²) in [5.74, 6) is -0.0191. The first kappa shape index (κ1) is 20.2. The molecule has 0 atom stereocenters. The second-order valence-corrected chi connectivity index (χ2v) is 8.59. The molecular weight excluding hydrogens is 425 g/mol. The van der Waals surface area contributed by atoms with Crippen molar-refractivity contribution in [3.05, 3.63) is 45.2 Å². The number of benzene rings is 1. The number of aromatic nitrogens is 3. The maximum atomic E-state index is 12.9. The highest BCUT2D eigenvalue weighted by molar-refractivity contribution is 7.18. The summed E-state index contributed by atoms with van der Waals surface area (Å²) in [6.07, 6.45) is -2.97. The van der Waals surface area contributed by atoms with Crippen molar-refractivity contribution in [2.24, 2.45) is 7.05 Å². The fourth-order valence-electron chi connectivity index (χ4n) is 3.66. The van der Waals surface area contributed by atoms with Gasteiger partial charge in [0.2, 0.25) is 0 Å². The van der Waals surface area contributed by atoms with Crippen LogP contribution < -0.4 is 0 Å². The van der Waals surface area contributed by atoms with Crippen molar-refractivity contribution >= 4 is 39.1 Å². The fraction of sp³-hybridized carbons (Fsp3) is 0.421. The van der Waals surface area contributed by atoms with Gasteiger partial charge in [-0.3, -0.25) is 9.48 Å². The van der Waals surface area contributed by atoms with E-state index in [1.54, 1.807) is 18.9 Å². The van der Waals surface area contributed by atoms with E-state index in [-0.39, 0.29) is 11.8 Å². The van der Waals surface area contributed by atoms with Crippen LogP contribution in [0.2, 0.25) is 5.15 Å². The molecule has 0 aliphatic carbocycles. The predicted molar refractivity (Wildman–Crippen MR) is 105 cm³/mol. The van der Waals surface area contributed by atoms with Crippen LogP contribution in [0, 0.1) is 6.92 Å². The average Bonchev–Trinajstić information content (AvgIpc) is 3.20. The number of piperidine rings is 1. The van der Waals surface area contributed by atoms with Crippen LogP contribution in [-0.2, 0) is 13.2 Å². The Morgan fingerprint density at radius 3 is 2.55 bits per heavy atom.